The van der Waals surface area contributed by atoms with Gasteiger partial charge in [-0.3, -0.25) is 0 Å². The third-order valence-corrected chi connectivity index (χ3v) is 2.25. The van der Waals surface area contributed by atoms with Crippen molar-refractivity contribution in [3.8, 4) is 0 Å². The number of aliphatic hydroxyl groups excluding tert-OH is 1. The van der Waals surface area contributed by atoms with Crippen LogP contribution in [0, 0.1) is 0 Å². The number of benzene rings is 1. The van der Waals surface area contributed by atoms with Gasteiger partial charge in [-0.05, 0) is 31.0 Å². The fourth-order valence-electron chi connectivity index (χ4n) is 1.29. The lowest BCUT2D eigenvalue weighted by Gasteiger charge is -2.08. The van der Waals surface area contributed by atoms with E-state index in [4.69, 9.17) is 0 Å². The molecule has 0 saturated heterocycles. The molecule has 0 saturated carbocycles. The van der Waals surface area contributed by atoms with Crippen molar-refractivity contribution in [1.82, 2.24) is 0 Å². The minimum Gasteiger partial charge on any atom is -0.389 e. The summed E-state index contributed by atoms with van der Waals surface area (Å²) in [6.07, 6.45) is 2.02. The second kappa shape index (κ2) is 5.66. The number of rotatable bonds is 5. The molecule has 0 aromatic heterocycles. The quantitative estimate of drug-likeness (QED) is 0.705. The molecule has 0 aliphatic rings. The first-order chi connectivity index (χ1) is 6.74. The van der Waals surface area contributed by atoms with E-state index in [9.17, 15) is 5.11 Å². The minimum atomic E-state index is -0.375. The summed E-state index contributed by atoms with van der Waals surface area (Å²) in [7, 11) is 0. The number of anilines is 1. The Balaban J connectivity index is 2.47. The predicted molar refractivity (Wildman–Crippen MR) is 60.5 cm³/mol. The number of aliphatic hydroxyl groups is 1. The molecule has 0 aliphatic heterocycles. The second-order valence-corrected chi connectivity index (χ2v) is 3.58. The van der Waals surface area contributed by atoms with Gasteiger partial charge in [0, 0.05) is 12.2 Å². The Morgan fingerprint density at radius 2 is 1.93 bits per heavy atom. The van der Waals surface area contributed by atoms with Gasteiger partial charge in [-0.25, -0.2) is 0 Å². The first-order valence-corrected chi connectivity index (χ1v) is 5.26. The molecule has 2 nitrogen and oxygen atoms in total. The Kier molecular flexibility index (Phi) is 4.47. The summed E-state index contributed by atoms with van der Waals surface area (Å²) >= 11 is 0. The van der Waals surface area contributed by atoms with Crippen molar-refractivity contribution in [2.75, 3.05) is 11.9 Å². The number of hydrogen-bond acceptors (Lipinski definition) is 2. The molecule has 2 heteroatoms. The standard InChI is InChI=1S/C12H19NO/c1-3-4-9-13-12-7-5-11(6-8-12)10(2)14/h5-8,10,13-14H,3-4,9H2,1-2H3. The van der Waals surface area contributed by atoms with E-state index >= 15 is 0 Å². The normalized spacial score (nSPS) is 12.5. The topological polar surface area (TPSA) is 32.3 Å². The van der Waals surface area contributed by atoms with Crippen molar-refractivity contribution in [1.29, 1.82) is 0 Å². The summed E-state index contributed by atoms with van der Waals surface area (Å²) in [6.45, 7) is 4.97. The van der Waals surface area contributed by atoms with Crippen LogP contribution in [-0.2, 0) is 0 Å². The van der Waals surface area contributed by atoms with Crippen molar-refractivity contribution >= 4 is 5.69 Å². The van der Waals surface area contributed by atoms with Gasteiger partial charge in [0.1, 0.15) is 0 Å². The van der Waals surface area contributed by atoms with Crippen LogP contribution in [-0.4, -0.2) is 11.7 Å². The average molecular weight is 193 g/mol. The van der Waals surface area contributed by atoms with E-state index in [1.54, 1.807) is 6.92 Å². The zero-order valence-electron chi connectivity index (χ0n) is 8.96. The molecule has 0 amide bonds. The molecule has 1 rings (SSSR count). The maximum absolute atomic E-state index is 9.31. The van der Waals surface area contributed by atoms with Gasteiger partial charge in [0.15, 0.2) is 0 Å². The van der Waals surface area contributed by atoms with Gasteiger partial charge >= 0.3 is 0 Å². The van der Waals surface area contributed by atoms with Crippen molar-refractivity contribution in [2.45, 2.75) is 32.8 Å². The summed E-state index contributed by atoms with van der Waals surface area (Å²) in [5.41, 5.74) is 2.09. The highest BCUT2D eigenvalue weighted by Gasteiger charge is 1.99. The minimum absolute atomic E-state index is 0.375. The van der Waals surface area contributed by atoms with E-state index in [0.717, 1.165) is 17.8 Å². The lowest BCUT2D eigenvalue weighted by Crippen LogP contribution is -2.00. The Labute approximate surface area is 86.0 Å². The SMILES string of the molecule is CCCCNc1ccc(C(C)O)cc1. The summed E-state index contributed by atoms with van der Waals surface area (Å²) < 4.78 is 0. The van der Waals surface area contributed by atoms with Crippen molar-refractivity contribution < 1.29 is 5.11 Å². The van der Waals surface area contributed by atoms with E-state index < -0.39 is 0 Å². The molecular formula is C12H19NO. The van der Waals surface area contributed by atoms with Crippen LogP contribution in [0.1, 0.15) is 38.4 Å². The third-order valence-electron chi connectivity index (χ3n) is 2.25. The van der Waals surface area contributed by atoms with Crippen molar-refractivity contribution in [3.63, 3.8) is 0 Å². The molecule has 0 heterocycles. The van der Waals surface area contributed by atoms with Gasteiger partial charge in [-0.2, -0.15) is 0 Å². The van der Waals surface area contributed by atoms with E-state index in [0.29, 0.717) is 0 Å². The Morgan fingerprint density at radius 3 is 2.43 bits per heavy atom. The molecule has 78 valence electrons. The fraction of sp³-hybridized carbons (Fsp3) is 0.500. The molecule has 0 spiro atoms. The Bertz CT molecular complexity index is 254. The fourth-order valence-corrected chi connectivity index (χ4v) is 1.29. The first kappa shape index (κ1) is 11.1. The van der Waals surface area contributed by atoms with Crippen LogP contribution < -0.4 is 5.32 Å². The molecule has 1 aromatic rings. The van der Waals surface area contributed by atoms with Gasteiger partial charge in [0.2, 0.25) is 0 Å². The molecule has 1 atom stereocenters. The maximum atomic E-state index is 9.31. The van der Waals surface area contributed by atoms with E-state index in [2.05, 4.69) is 12.2 Å². The van der Waals surface area contributed by atoms with Gasteiger partial charge in [-0.15, -0.1) is 0 Å². The van der Waals surface area contributed by atoms with Crippen LogP contribution >= 0.6 is 0 Å². The summed E-state index contributed by atoms with van der Waals surface area (Å²) in [4.78, 5) is 0. The summed E-state index contributed by atoms with van der Waals surface area (Å²) in [5.74, 6) is 0. The molecule has 0 radical (unpaired) electrons. The van der Waals surface area contributed by atoms with E-state index in [-0.39, 0.29) is 6.10 Å². The van der Waals surface area contributed by atoms with Crippen molar-refractivity contribution in [2.24, 2.45) is 0 Å². The van der Waals surface area contributed by atoms with Crippen molar-refractivity contribution in [3.05, 3.63) is 29.8 Å². The second-order valence-electron chi connectivity index (χ2n) is 3.58. The van der Waals surface area contributed by atoms with Gasteiger partial charge in [0.25, 0.3) is 0 Å². The molecule has 0 bridgehead atoms. The number of nitrogens with one attached hydrogen (secondary N) is 1. The predicted octanol–water partition coefficient (Wildman–Crippen LogP) is 2.95. The van der Waals surface area contributed by atoms with Crippen LogP contribution in [0.4, 0.5) is 5.69 Å². The Hall–Kier alpha value is -1.02. The highest BCUT2D eigenvalue weighted by Crippen LogP contribution is 2.15. The van der Waals surface area contributed by atoms with Crippen LogP contribution in [0.15, 0.2) is 24.3 Å². The molecule has 1 unspecified atom stereocenters. The lowest BCUT2D eigenvalue weighted by atomic mass is 10.1. The van der Waals surface area contributed by atoms with Crippen LogP contribution in [0.5, 0.6) is 0 Å². The van der Waals surface area contributed by atoms with Gasteiger partial charge < -0.3 is 10.4 Å². The average Bonchev–Trinajstić information content (AvgIpc) is 2.19. The maximum Gasteiger partial charge on any atom is 0.0761 e. The summed E-state index contributed by atoms with van der Waals surface area (Å²) in [5, 5.41) is 12.6. The monoisotopic (exact) mass is 193 g/mol. The molecule has 0 aliphatic carbocycles. The number of unbranched alkanes of at least 4 members (excludes halogenated alkanes) is 1. The number of hydrogen-bond donors (Lipinski definition) is 2. The van der Waals surface area contributed by atoms with Gasteiger partial charge in [0.05, 0.1) is 6.10 Å². The molecule has 14 heavy (non-hydrogen) atoms. The molecular weight excluding hydrogens is 174 g/mol. The molecule has 1 aromatic carbocycles. The smallest absolute Gasteiger partial charge is 0.0761 e. The zero-order valence-corrected chi connectivity index (χ0v) is 8.96. The van der Waals surface area contributed by atoms with Crippen LogP contribution in [0.3, 0.4) is 0 Å². The van der Waals surface area contributed by atoms with E-state index in [1.807, 2.05) is 24.3 Å². The van der Waals surface area contributed by atoms with Crippen LogP contribution in [0.2, 0.25) is 0 Å². The molecule has 2 N–H and O–H groups in total. The molecule has 0 fully saturated rings. The van der Waals surface area contributed by atoms with Gasteiger partial charge in [-0.1, -0.05) is 25.5 Å². The zero-order chi connectivity index (χ0) is 10.4. The highest BCUT2D eigenvalue weighted by atomic mass is 16.3. The van der Waals surface area contributed by atoms with E-state index in [1.165, 1.54) is 12.8 Å². The Morgan fingerprint density at radius 1 is 1.29 bits per heavy atom. The summed E-state index contributed by atoms with van der Waals surface area (Å²) in [6, 6.07) is 7.94. The first-order valence-electron chi connectivity index (χ1n) is 5.26. The largest absolute Gasteiger partial charge is 0.389 e. The lowest BCUT2D eigenvalue weighted by molar-refractivity contribution is 0.199. The van der Waals surface area contributed by atoms with Crippen LogP contribution in [0.25, 0.3) is 0 Å². The third kappa shape index (κ3) is 3.38. The highest BCUT2D eigenvalue weighted by molar-refractivity contribution is 5.44.